The van der Waals surface area contributed by atoms with Gasteiger partial charge in [0.25, 0.3) is 0 Å². The molecule has 6 rings (SSSR count). The number of hydrogen-bond donors (Lipinski definition) is 0. The molecule has 1 saturated heterocycles. The van der Waals surface area contributed by atoms with Crippen LogP contribution in [0.5, 0.6) is 0 Å². The van der Waals surface area contributed by atoms with Crippen molar-refractivity contribution in [3.63, 3.8) is 0 Å². The summed E-state index contributed by atoms with van der Waals surface area (Å²) in [6.45, 7) is 4.10. The van der Waals surface area contributed by atoms with E-state index >= 15 is 0 Å². The van der Waals surface area contributed by atoms with Crippen molar-refractivity contribution in [3.8, 4) is 11.1 Å². The van der Waals surface area contributed by atoms with E-state index in [1.54, 1.807) is 12.7 Å². The summed E-state index contributed by atoms with van der Waals surface area (Å²) in [5.74, 6) is 0.668. The van der Waals surface area contributed by atoms with Gasteiger partial charge in [0.1, 0.15) is 11.9 Å². The number of ether oxygens (including phenoxy) is 1. The molecular weight excluding hydrogens is 530 g/mol. The molecule has 3 aromatic carbocycles. The van der Waals surface area contributed by atoms with Gasteiger partial charge in [-0.3, -0.25) is 9.09 Å². The Morgan fingerprint density at radius 1 is 0.949 bits per heavy atom. The fourth-order valence-corrected chi connectivity index (χ4v) is 9.29. The Morgan fingerprint density at radius 3 is 2.49 bits per heavy atom. The molecule has 2 aliphatic heterocycles. The average Bonchev–Trinajstić information content (AvgIpc) is 2.94. The summed E-state index contributed by atoms with van der Waals surface area (Å²) in [4.78, 5) is 0. The Bertz CT molecular complexity index is 1560. The molecule has 1 aliphatic carbocycles. The topological polar surface area (TPSA) is 71.1 Å². The third-order valence-electron chi connectivity index (χ3n) is 7.42. The van der Waals surface area contributed by atoms with E-state index in [2.05, 4.69) is 6.08 Å². The smallest absolute Gasteiger partial charge is 0.413 e. The lowest BCUT2D eigenvalue weighted by Gasteiger charge is -2.37. The Balaban J connectivity index is 1.30. The zero-order valence-corrected chi connectivity index (χ0v) is 23.9. The molecule has 0 radical (unpaired) electrons. The molecule has 8 heteroatoms. The van der Waals surface area contributed by atoms with Crippen molar-refractivity contribution in [2.75, 3.05) is 13.3 Å². The molecular formula is C31H32O6P2. The van der Waals surface area contributed by atoms with Gasteiger partial charge in [0.15, 0.2) is 6.29 Å². The van der Waals surface area contributed by atoms with Gasteiger partial charge < -0.3 is 13.8 Å². The largest absolute Gasteiger partial charge is 0.425 e. The van der Waals surface area contributed by atoms with Gasteiger partial charge in [-0.2, -0.15) is 0 Å². The number of benzene rings is 3. The molecule has 1 fully saturated rings. The highest BCUT2D eigenvalue weighted by Gasteiger charge is 2.45. The SMILES string of the molecule is Cc1ccccc1-c1ccccc1P(C)(=O)OC1CCCOC1OP1(=O)OC2=C(C=CCC2)c2ccccc21. The van der Waals surface area contributed by atoms with Crippen LogP contribution in [0.2, 0.25) is 0 Å². The fraction of sp³-hybridized carbons (Fsp3) is 0.290. The van der Waals surface area contributed by atoms with E-state index in [1.807, 2.05) is 79.7 Å². The van der Waals surface area contributed by atoms with Crippen LogP contribution in [0.4, 0.5) is 0 Å². The van der Waals surface area contributed by atoms with E-state index < -0.39 is 27.4 Å². The Hall–Kier alpha value is -2.72. The lowest BCUT2D eigenvalue weighted by Crippen LogP contribution is -2.39. The van der Waals surface area contributed by atoms with Crippen molar-refractivity contribution in [3.05, 3.63) is 102 Å². The van der Waals surface area contributed by atoms with Gasteiger partial charge in [-0.15, -0.1) is 0 Å². The van der Waals surface area contributed by atoms with Gasteiger partial charge in [0.2, 0.25) is 7.37 Å². The summed E-state index contributed by atoms with van der Waals surface area (Å²) in [5, 5.41) is 1.14. The molecule has 6 nitrogen and oxygen atoms in total. The monoisotopic (exact) mass is 562 g/mol. The number of hydrogen-bond acceptors (Lipinski definition) is 6. The molecule has 4 atom stereocenters. The minimum absolute atomic E-state index is 0.427. The molecule has 3 aromatic rings. The van der Waals surface area contributed by atoms with Gasteiger partial charge in [0, 0.05) is 36.1 Å². The molecule has 4 unspecified atom stereocenters. The van der Waals surface area contributed by atoms with Crippen LogP contribution in [-0.2, 0) is 27.4 Å². The summed E-state index contributed by atoms with van der Waals surface area (Å²) < 4.78 is 53.3. The molecule has 0 bridgehead atoms. The minimum atomic E-state index is -3.79. The maximum Gasteiger partial charge on any atom is 0.413 e. The van der Waals surface area contributed by atoms with E-state index in [0.717, 1.165) is 34.2 Å². The number of allylic oxidation sites excluding steroid dienone is 4. The van der Waals surface area contributed by atoms with Crippen molar-refractivity contribution in [1.29, 1.82) is 0 Å². The predicted octanol–water partition coefficient (Wildman–Crippen LogP) is 7.34. The molecule has 0 aromatic heterocycles. The van der Waals surface area contributed by atoms with Crippen LogP contribution in [0.15, 0.2) is 90.7 Å². The summed E-state index contributed by atoms with van der Waals surface area (Å²) in [5.41, 5.74) is 4.76. The van der Waals surface area contributed by atoms with Crippen LogP contribution < -0.4 is 10.6 Å². The van der Waals surface area contributed by atoms with E-state index in [9.17, 15) is 9.13 Å². The van der Waals surface area contributed by atoms with Crippen LogP contribution in [0.1, 0.15) is 36.8 Å². The summed E-state index contributed by atoms with van der Waals surface area (Å²) in [6, 6.07) is 23.1. The molecule has 0 amide bonds. The molecule has 0 saturated carbocycles. The average molecular weight is 563 g/mol. The lowest BCUT2D eigenvalue weighted by atomic mass is 9.98. The minimum Gasteiger partial charge on any atom is -0.425 e. The normalized spacial score (nSPS) is 25.8. The van der Waals surface area contributed by atoms with Crippen LogP contribution in [-0.4, -0.2) is 25.7 Å². The zero-order valence-electron chi connectivity index (χ0n) is 22.1. The van der Waals surface area contributed by atoms with Crippen LogP contribution >= 0.6 is 15.0 Å². The first kappa shape index (κ1) is 26.5. The number of aryl methyl sites for hydroxylation is 1. The molecule has 2 heterocycles. The van der Waals surface area contributed by atoms with Crippen molar-refractivity contribution < 1.29 is 27.4 Å². The van der Waals surface area contributed by atoms with E-state index in [-0.39, 0.29) is 0 Å². The van der Waals surface area contributed by atoms with Gasteiger partial charge in [-0.05, 0) is 55.0 Å². The van der Waals surface area contributed by atoms with Crippen molar-refractivity contribution >= 4 is 31.1 Å². The van der Waals surface area contributed by atoms with Gasteiger partial charge in [-0.25, -0.2) is 4.57 Å². The summed E-state index contributed by atoms with van der Waals surface area (Å²) >= 11 is 0. The van der Waals surface area contributed by atoms with E-state index in [0.29, 0.717) is 42.2 Å². The Kier molecular flexibility index (Phi) is 7.26. The highest BCUT2D eigenvalue weighted by Crippen LogP contribution is 2.58. The predicted molar refractivity (Wildman–Crippen MR) is 155 cm³/mol. The zero-order chi connectivity index (χ0) is 27.0. The molecule has 0 N–H and O–H groups in total. The first-order chi connectivity index (χ1) is 18.9. The van der Waals surface area contributed by atoms with Gasteiger partial charge in [-0.1, -0.05) is 72.8 Å². The molecule has 3 aliphatic rings. The molecule has 0 spiro atoms. The lowest BCUT2D eigenvalue weighted by molar-refractivity contribution is -0.163. The Labute approximate surface area is 229 Å². The van der Waals surface area contributed by atoms with Crippen LogP contribution in [0.3, 0.4) is 0 Å². The summed E-state index contributed by atoms with van der Waals surface area (Å²) in [6.07, 6.45) is 5.19. The maximum absolute atomic E-state index is 14.3. The first-order valence-electron chi connectivity index (χ1n) is 13.4. The Morgan fingerprint density at radius 2 is 1.67 bits per heavy atom. The van der Waals surface area contributed by atoms with Crippen molar-refractivity contribution in [2.24, 2.45) is 0 Å². The highest BCUT2D eigenvalue weighted by molar-refractivity contribution is 7.66. The van der Waals surface area contributed by atoms with E-state index in [1.165, 1.54) is 0 Å². The number of rotatable bonds is 6. The van der Waals surface area contributed by atoms with Crippen molar-refractivity contribution in [2.45, 2.75) is 45.0 Å². The second-order valence-electron chi connectivity index (χ2n) is 10.2. The number of fused-ring (bicyclic) bond motifs is 2. The third kappa shape index (κ3) is 5.13. The van der Waals surface area contributed by atoms with Crippen LogP contribution in [0.25, 0.3) is 16.7 Å². The standard InChI is InChI=1S/C31H32O6P2/c1-22-12-3-4-13-23(22)25-15-6-9-19-29(25)38(2,32)35-28-18-11-21-34-31(28)37-39(33)30-20-10-7-16-26(30)24-14-5-8-17-27(24)36-39/h3-7,9-10,12-16,19-20,28,31H,8,11,17-18,21H2,1-2H3. The van der Waals surface area contributed by atoms with Crippen molar-refractivity contribution in [1.82, 2.24) is 0 Å². The van der Waals surface area contributed by atoms with Gasteiger partial charge in [0.05, 0.1) is 5.30 Å². The van der Waals surface area contributed by atoms with Crippen LogP contribution in [0, 0.1) is 6.92 Å². The first-order valence-corrected chi connectivity index (χ1v) is 17.0. The van der Waals surface area contributed by atoms with E-state index in [4.69, 9.17) is 18.3 Å². The maximum atomic E-state index is 14.3. The highest BCUT2D eigenvalue weighted by atomic mass is 31.2. The van der Waals surface area contributed by atoms with Gasteiger partial charge >= 0.3 is 7.60 Å². The molecule has 39 heavy (non-hydrogen) atoms. The molecule has 202 valence electrons. The second-order valence-corrected chi connectivity index (χ2v) is 14.4. The fourth-order valence-electron chi connectivity index (χ4n) is 5.50. The summed E-state index contributed by atoms with van der Waals surface area (Å²) in [7, 11) is -7.13. The quantitative estimate of drug-likeness (QED) is 0.293. The second kappa shape index (κ2) is 10.7. The third-order valence-corrected chi connectivity index (χ3v) is 11.3.